The molecule has 0 saturated carbocycles. The molecule has 0 bridgehead atoms. The van der Waals surface area contributed by atoms with Crippen LogP contribution in [-0.2, 0) is 9.05 Å². The first-order valence-electron chi connectivity index (χ1n) is 2.61. The summed E-state index contributed by atoms with van der Waals surface area (Å²) in [6.45, 7) is 1.75. The molecule has 0 aromatic heterocycles. The van der Waals surface area contributed by atoms with Crippen molar-refractivity contribution < 1.29 is 18.8 Å². The molecule has 3 atom stereocenters. The molecule has 0 saturated heterocycles. The molecule has 0 fully saturated rings. The minimum absolute atomic E-state index is 0.109. The normalized spacial score (nSPS) is 19.4. The fourth-order valence-corrected chi connectivity index (χ4v) is 1.61. The van der Waals surface area contributed by atoms with Gasteiger partial charge in [0.1, 0.15) is 0 Å². The van der Waals surface area contributed by atoms with Gasteiger partial charge >= 0.3 is 0 Å². The van der Waals surface area contributed by atoms with Crippen LogP contribution in [0.2, 0.25) is 0 Å². The third-order valence-corrected chi connectivity index (χ3v) is 2.11. The van der Waals surface area contributed by atoms with Crippen molar-refractivity contribution in [3.63, 3.8) is 0 Å². The molecule has 0 aliphatic carbocycles. The highest BCUT2D eigenvalue weighted by atomic mass is 35.7. The highest BCUT2D eigenvalue weighted by molar-refractivity contribution is 7.75. The highest BCUT2D eigenvalue weighted by Gasteiger charge is 2.10. The van der Waals surface area contributed by atoms with Gasteiger partial charge < -0.3 is 18.8 Å². The van der Waals surface area contributed by atoms with Crippen molar-refractivity contribution >= 4 is 37.9 Å². The van der Waals surface area contributed by atoms with Gasteiger partial charge in [0.25, 0.3) is 15.5 Å². The van der Waals surface area contributed by atoms with Crippen LogP contribution in [0.25, 0.3) is 0 Å². The fourth-order valence-electron chi connectivity index (χ4n) is 0.345. The van der Waals surface area contributed by atoms with Gasteiger partial charge in [-0.05, 0) is 29.4 Å². The molecular weight excluding hydrogens is 233 g/mol. The van der Waals surface area contributed by atoms with E-state index >= 15 is 0 Å². The van der Waals surface area contributed by atoms with Crippen molar-refractivity contribution in [2.75, 3.05) is 6.61 Å². The van der Waals surface area contributed by atoms with Crippen molar-refractivity contribution in [2.24, 2.45) is 0 Å². The van der Waals surface area contributed by atoms with Gasteiger partial charge in [0.05, 0.1) is 12.7 Å². The Balaban J connectivity index is 3.29. The molecule has 0 radical (unpaired) electrons. The van der Waals surface area contributed by atoms with E-state index in [1.54, 1.807) is 6.92 Å². The van der Waals surface area contributed by atoms with Gasteiger partial charge in [-0.1, -0.05) is 0 Å². The predicted molar refractivity (Wildman–Crippen MR) is 46.5 cm³/mol. The second-order valence-electron chi connectivity index (χ2n) is 1.66. The summed E-state index contributed by atoms with van der Waals surface area (Å²) in [6, 6.07) is 0. The lowest BCUT2D eigenvalue weighted by Gasteiger charge is -2.12. The minimum Gasteiger partial charge on any atom is -0.338 e. The molecule has 0 aromatic rings. The van der Waals surface area contributed by atoms with Gasteiger partial charge in [-0.2, -0.15) is 0 Å². The van der Waals surface area contributed by atoms with Gasteiger partial charge in [-0.15, -0.1) is 0 Å². The number of hydrogen-bond donors (Lipinski definition) is 2. The summed E-state index contributed by atoms with van der Waals surface area (Å²) >= 11 is 10.3. The molecule has 11 heavy (non-hydrogen) atoms. The maximum absolute atomic E-state index is 8.55. The molecule has 3 unspecified atom stereocenters. The molecule has 0 aliphatic rings. The van der Waals surface area contributed by atoms with Crippen LogP contribution in [0.15, 0.2) is 0 Å². The summed E-state index contributed by atoms with van der Waals surface area (Å²) in [5.41, 5.74) is 0. The maximum Gasteiger partial charge on any atom is 0.274 e. The average molecular weight is 241 g/mol. The summed E-state index contributed by atoms with van der Waals surface area (Å²) in [5, 5.41) is 0. The van der Waals surface area contributed by atoms with Gasteiger partial charge in [0, 0.05) is 0 Å². The maximum atomic E-state index is 8.55. The Bertz CT molecular complexity index is 103. The Hall–Kier alpha value is 1.28. The molecule has 0 heterocycles. The average Bonchev–Trinajstić information content (AvgIpc) is 1.82. The largest absolute Gasteiger partial charge is 0.338 e. The van der Waals surface area contributed by atoms with Crippen LogP contribution in [0.5, 0.6) is 0 Å². The zero-order valence-electron chi connectivity index (χ0n) is 5.65. The van der Waals surface area contributed by atoms with Crippen LogP contribution in [-0.4, -0.2) is 22.5 Å². The summed E-state index contributed by atoms with van der Waals surface area (Å²) in [6.07, 6.45) is -0.375. The zero-order valence-corrected chi connectivity index (χ0v) is 8.95. The Kier molecular flexibility index (Phi) is 7.55. The van der Waals surface area contributed by atoms with Gasteiger partial charge in [0.2, 0.25) is 0 Å². The van der Waals surface area contributed by atoms with Crippen LogP contribution in [0.4, 0.5) is 0 Å². The smallest absolute Gasteiger partial charge is 0.274 e. The molecule has 0 amide bonds. The van der Waals surface area contributed by atoms with E-state index in [-0.39, 0.29) is 12.7 Å². The van der Waals surface area contributed by atoms with Crippen LogP contribution in [0.1, 0.15) is 6.92 Å². The molecule has 8 heteroatoms. The number of halogens is 2. The Labute approximate surface area is 76.8 Å². The van der Waals surface area contributed by atoms with Gasteiger partial charge in [0.15, 0.2) is 0 Å². The lowest BCUT2D eigenvalue weighted by Crippen LogP contribution is -2.10. The monoisotopic (exact) mass is 240 g/mol. The Morgan fingerprint density at radius 3 is 2.27 bits per heavy atom. The standard InChI is InChI=1S/C3H8Cl2O4P2/c1-3(9-11(5)7)2-8-10(4)6/h3,6-7H,2H2,1H3. The lowest BCUT2D eigenvalue weighted by molar-refractivity contribution is 0.151. The SMILES string of the molecule is CC(COP(O)Cl)OP(O)Cl. The molecule has 0 rings (SSSR count). The minimum atomic E-state index is -1.90. The first-order valence-corrected chi connectivity index (χ1v) is 6.85. The van der Waals surface area contributed by atoms with E-state index in [4.69, 9.17) is 36.8 Å². The first kappa shape index (κ1) is 12.3. The van der Waals surface area contributed by atoms with Gasteiger partial charge in [-0.25, -0.2) is 0 Å². The topological polar surface area (TPSA) is 58.9 Å². The van der Waals surface area contributed by atoms with Crippen LogP contribution < -0.4 is 0 Å². The summed E-state index contributed by atoms with van der Waals surface area (Å²) in [7, 11) is -3.78. The third kappa shape index (κ3) is 9.19. The second-order valence-corrected chi connectivity index (χ2v) is 4.77. The lowest BCUT2D eigenvalue weighted by atomic mass is 10.5. The van der Waals surface area contributed by atoms with Crippen molar-refractivity contribution in [3.8, 4) is 0 Å². The van der Waals surface area contributed by atoms with E-state index in [9.17, 15) is 0 Å². The quantitative estimate of drug-likeness (QED) is 0.725. The molecular formula is C3H8Cl2O4P2. The molecule has 4 nitrogen and oxygen atoms in total. The molecule has 2 N–H and O–H groups in total. The van der Waals surface area contributed by atoms with Crippen LogP contribution in [0.3, 0.4) is 0 Å². The van der Waals surface area contributed by atoms with E-state index in [1.165, 1.54) is 0 Å². The van der Waals surface area contributed by atoms with Crippen molar-refractivity contribution in [1.29, 1.82) is 0 Å². The van der Waals surface area contributed by atoms with E-state index in [0.717, 1.165) is 0 Å². The molecule has 0 aliphatic heterocycles. The Morgan fingerprint density at radius 1 is 1.36 bits per heavy atom. The van der Waals surface area contributed by atoms with E-state index in [0.29, 0.717) is 0 Å². The van der Waals surface area contributed by atoms with Crippen LogP contribution >= 0.6 is 37.9 Å². The summed E-state index contributed by atoms with van der Waals surface area (Å²) in [4.78, 5) is 17.0. The number of rotatable bonds is 5. The second kappa shape index (κ2) is 6.76. The Morgan fingerprint density at radius 2 is 1.91 bits per heavy atom. The zero-order chi connectivity index (χ0) is 8.85. The first-order chi connectivity index (χ1) is 5.02. The van der Waals surface area contributed by atoms with E-state index in [2.05, 4.69) is 4.52 Å². The highest BCUT2D eigenvalue weighted by Crippen LogP contribution is 2.40. The molecule has 0 aromatic carbocycles. The van der Waals surface area contributed by atoms with Crippen molar-refractivity contribution in [3.05, 3.63) is 0 Å². The molecule has 0 spiro atoms. The summed E-state index contributed by atoms with van der Waals surface area (Å²) in [5.74, 6) is 0. The van der Waals surface area contributed by atoms with Gasteiger partial charge in [-0.3, -0.25) is 0 Å². The predicted octanol–water partition coefficient (Wildman–Crippen LogP) is 2.32. The van der Waals surface area contributed by atoms with Crippen molar-refractivity contribution in [2.45, 2.75) is 13.0 Å². The summed E-state index contributed by atoms with van der Waals surface area (Å²) < 4.78 is 9.31. The van der Waals surface area contributed by atoms with E-state index < -0.39 is 15.5 Å². The fraction of sp³-hybridized carbons (Fsp3) is 1.00. The molecule has 68 valence electrons. The van der Waals surface area contributed by atoms with Crippen molar-refractivity contribution in [1.82, 2.24) is 0 Å². The van der Waals surface area contributed by atoms with Crippen LogP contribution in [0, 0.1) is 0 Å². The number of hydrogen-bond acceptors (Lipinski definition) is 4. The van der Waals surface area contributed by atoms with E-state index in [1.807, 2.05) is 0 Å². The third-order valence-electron chi connectivity index (χ3n) is 0.683.